The molecule has 0 aromatic heterocycles. The second kappa shape index (κ2) is 9.00. The van der Waals surface area contributed by atoms with E-state index in [0.29, 0.717) is 34.1 Å². The molecule has 1 aliphatic heterocycles. The zero-order chi connectivity index (χ0) is 19.3. The molecular weight excluding hydrogens is 352 g/mol. The minimum absolute atomic E-state index is 0.0426. The number of anilines is 1. The lowest BCUT2D eigenvalue weighted by molar-refractivity contribution is -0.137. The maximum atomic E-state index is 12.8. The van der Waals surface area contributed by atoms with Crippen molar-refractivity contribution in [3.05, 3.63) is 34.7 Å². The van der Waals surface area contributed by atoms with Gasteiger partial charge in [-0.3, -0.25) is 19.3 Å². The maximum absolute atomic E-state index is 12.8. The fraction of sp³-hybridized carbons (Fsp3) is 0.421. The van der Waals surface area contributed by atoms with Crippen LogP contribution in [-0.4, -0.2) is 47.6 Å². The Bertz CT molecular complexity index is 726. The molecule has 26 heavy (non-hydrogen) atoms. The van der Waals surface area contributed by atoms with Crippen LogP contribution in [0, 0.1) is 0 Å². The molecule has 1 aromatic rings. The summed E-state index contributed by atoms with van der Waals surface area (Å²) in [5.41, 5.74) is 1.73. The number of ether oxygens (including phenoxy) is 1. The molecule has 0 saturated carbocycles. The smallest absolute Gasteiger partial charge is 0.268 e. The van der Waals surface area contributed by atoms with E-state index in [4.69, 9.17) is 4.74 Å². The van der Waals surface area contributed by atoms with Crippen molar-refractivity contribution in [3.63, 3.8) is 0 Å². The monoisotopic (exact) mass is 376 g/mol. The first-order chi connectivity index (χ1) is 12.3. The molecule has 0 bridgehead atoms. The number of carbonyl (C=O) groups excluding carboxylic acids is 3. The summed E-state index contributed by atoms with van der Waals surface area (Å²) in [5, 5.41) is 2.69. The fourth-order valence-corrected chi connectivity index (χ4v) is 3.46. The van der Waals surface area contributed by atoms with E-state index in [1.165, 1.54) is 23.6 Å². The Labute approximate surface area is 158 Å². The van der Waals surface area contributed by atoms with Gasteiger partial charge >= 0.3 is 0 Å². The van der Waals surface area contributed by atoms with Gasteiger partial charge in [0.25, 0.3) is 11.8 Å². The molecular formula is C19H24N2O4S. The van der Waals surface area contributed by atoms with Crippen LogP contribution in [0.25, 0.3) is 5.57 Å². The molecule has 0 radical (unpaired) electrons. The van der Waals surface area contributed by atoms with Crippen molar-refractivity contribution in [1.82, 2.24) is 4.90 Å². The number of imide groups is 1. The summed E-state index contributed by atoms with van der Waals surface area (Å²) >= 11 is 1.37. The summed E-state index contributed by atoms with van der Waals surface area (Å²) in [6.45, 7) is 7.74. The highest BCUT2D eigenvalue weighted by Gasteiger charge is 2.38. The van der Waals surface area contributed by atoms with Crippen LogP contribution in [-0.2, 0) is 19.1 Å². The highest BCUT2D eigenvalue weighted by Crippen LogP contribution is 2.36. The first-order valence-electron chi connectivity index (χ1n) is 8.58. The predicted octanol–water partition coefficient (Wildman–Crippen LogP) is 2.90. The van der Waals surface area contributed by atoms with Crippen molar-refractivity contribution in [3.8, 4) is 0 Å². The summed E-state index contributed by atoms with van der Waals surface area (Å²) < 4.78 is 5.48. The predicted molar refractivity (Wildman–Crippen MR) is 104 cm³/mol. The van der Waals surface area contributed by atoms with Gasteiger partial charge in [-0.1, -0.05) is 19.1 Å². The Balaban J connectivity index is 2.26. The van der Waals surface area contributed by atoms with Gasteiger partial charge in [0.05, 0.1) is 29.7 Å². The molecule has 1 heterocycles. The third kappa shape index (κ3) is 4.74. The molecule has 1 aromatic carbocycles. The van der Waals surface area contributed by atoms with E-state index in [-0.39, 0.29) is 30.4 Å². The molecule has 1 N–H and O–H groups in total. The molecule has 0 unspecified atom stereocenters. The third-order valence-electron chi connectivity index (χ3n) is 3.67. The van der Waals surface area contributed by atoms with Gasteiger partial charge in [0, 0.05) is 12.6 Å². The van der Waals surface area contributed by atoms with Crippen molar-refractivity contribution in [2.45, 2.75) is 33.8 Å². The lowest BCUT2D eigenvalue weighted by Gasteiger charge is -2.16. The van der Waals surface area contributed by atoms with Gasteiger partial charge in [-0.05, 0) is 37.3 Å². The largest absolute Gasteiger partial charge is 0.377 e. The van der Waals surface area contributed by atoms with E-state index in [0.717, 1.165) is 0 Å². The molecule has 0 aliphatic carbocycles. The molecule has 3 amide bonds. The van der Waals surface area contributed by atoms with Gasteiger partial charge < -0.3 is 10.1 Å². The molecule has 0 atom stereocenters. The molecule has 1 aliphatic rings. The van der Waals surface area contributed by atoms with Gasteiger partial charge in [-0.2, -0.15) is 0 Å². The number of benzene rings is 1. The van der Waals surface area contributed by atoms with Gasteiger partial charge in [-0.15, -0.1) is 11.8 Å². The molecule has 0 saturated heterocycles. The number of nitrogens with zero attached hydrogens (tertiary/aromatic N) is 1. The zero-order valence-electron chi connectivity index (χ0n) is 15.5. The maximum Gasteiger partial charge on any atom is 0.268 e. The van der Waals surface area contributed by atoms with Crippen molar-refractivity contribution in [2.75, 3.05) is 24.2 Å². The van der Waals surface area contributed by atoms with Crippen molar-refractivity contribution in [1.29, 1.82) is 0 Å². The number of hydrogen-bond acceptors (Lipinski definition) is 5. The number of amides is 3. The summed E-state index contributed by atoms with van der Waals surface area (Å²) in [6, 6.07) is 6.94. The van der Waals surface area contributed by atoms with Crippen LogP contribution >= 0.6 is 11.8 Å². The Morgan fingerprint density at radius 2 is 1.85 bits per heavy atom. The highest BCUT2D eigenvalue weighted by molar-refractivity contribution is 8.04. The lowest BCUT2D eigenvalue weighted by Crippen LogP contribution is -2.35. The van der Waals surface area contributed by atoms with Gasteiger partial charge in [-0.25, -0.2) is 0 Å². The fourth-order valence-electron chi connectivity index (χ4n) is 2.59. The molecule has 0 fully saturated rings. The first-order valence-corrected chi connectivity index (χ1v) is 9.56. The van der Waals surface area contributed by atoms with Crippen molar-refractivity contribution >= 4 is 40.7 Å². The van der Waals surface area contributed by atoms with Crippen LogP contribution in [0.2, 0.25) is 0 Å². The normalized spacial score (nSPS) is 14.6. The SMILES string of the molecule is CCSC1=C(c2ccc(NC(C)=O)cc2)C(=O)N(CCOC(C)C)C1=O. The Kier molecular flexibility index (Phi) is 6.99. The Morgan fingerprint density at radius 1 is 1.19 bits per heavy atom. The summed E-state index contributed by atoms with van der Waals surface area (Å²) in [6.07, 6.45) is 0.0426. The number of thioether (sulfide) groups is 1. The number of carbonyl (C=O) groups is 3. The van der Waals surface area contributed by atoms with Crippen LogP contribution in [0.1, 0.15) is 33.3 Å². The molecule has 0 spiro atoms. The van der Waals surface area contributed by atoms with Gasteiger partial charge in [0.1, 0.15) is 0 Å². The van der Waals surface area contributed by atoms with Gasteiger partial charge in [0.15, 0.2) is 0 Å². The standard InChI is InChI=1S/C19H24N2O4S/c1-5-26-17-16(14-6-8-15(9-7-14)20-13(4)22)18(23)21(19(17)24)10-11-25-12(2)3/h6-9,12H,5,10-11H2,1-4H3,(H,20,22). The molecule has 2 rings (SSSR count). The van der Waals surface area contributed by atoms with Gasteiger partial charge in [0.2, 0.25) is 5.91 Å². The van der Waals surface area contributed by atoms with Crippen molar-refractivity contribution < 1.29 is 19.1 Å². The van der Waals surface area contributed by atoms with Crippen LogP contribution < -0.4 is 5.32 Å². The van der Waals surface area contributed by atoms with E-state index in [9.17, 15) is 14.4 Å². The average Bonchev–Trinajstić information content (AvgIpc) is 2.80. The molecule has 6 nitrogen and oxygen atoms in total. The summed E-state index contributed by atoms with van der Waals surface area (Å²) in [4.78, 5) is 38.4. The van der Waals surface area contributed by atoms with E-state index < -0.39 is 0 Å². The van der Waals surface area contributed by atoms with E-state index in [1.54, 1.807) is 24.3 Å². The minimum Gasteiger partial charge on any atom is -0.377 e. The summed E-state index contributed by atoms with van der Waals surface area (Å²) in [5.74, 6) is -0.0404. The zero-order valence-corrected chi connectivity index (χ0v) is 16.3. The first kappa shape index (κ1) is 20.2. The van der Waals surface area contributed by atoms with Crippen molar-refractivity contribution in [2.24, 2.45) is 0 Å². The third-order valence-corrected chi connectivity index (χ3v) is 4.63. The minimum atomic E-state index is -0.300. The van der Waals surface area contributed by atoms with Crippen LogP contribution in [0.15, 0.2) is 29.2 Å². The number of nitrogens with one attached hydrogen (secondary N) is 1. The van der Waals surface area contributed by atoms with E-state index in [2.05, 4.69) is 5.32 Å². The van der Waals surface area contributed by atoms with Crippen LogP contribution in [0.4, 0.5) is 5.69 Å². The average molecular weight is 376 g/mol. The summed E-state index contributed by atoms with van der Waals surface area (Å²) in [7, 11) is 0. The lowest BCUT2D eigenvalue weighted by atomic mass is 10.1. The number of hydrogen-bond donors (Lipinski definition) is 1. The second-order valence-electron chi connectivity index (χ2n) is 6.08. The quantitative estimate of drug-likeness (QED) is 0.706. The molecule has 140 valence electrons. The Morgan fingerprint density at radius 3 is 2.38 bits per heavy atom. The second-order valence-corrected chi connectivity index (χ2v) is 7.35. The highest BCUT2D eigenvalue weighted by atomic mass is 32.2. The van der Waals surface area contributed by atoms with Crippen LogP contribution in [0.5, 0.6) is 0 Å². The van der Waals surface area contributed by atoms with E-state index >= 15 is 0 Å². The van der Waals surface area contributed by atoms with E-state index in [1.807, 2.05) is 20.8 Å². The molecule has 7 heteroatoms. The van der Waals surface area contributed by atoms with Crippen LogP contribution in [0.3, 0.4) is 0 Å². The Hall–Kier alpha value is -2.12. The topological polar surface area (TPSA) is 75.7 Å². The number of rotatable bonds is 8.